The average Bonchev–Trinajstić information content (AvgIpc) is 2.87. The van der Waals surface area contributed by atoms with E-state index in [0.29, 0.717) is 0 Å². The summed E-state index contributed by atoms with van der Waals surface area (Å²) in [6, 6.07) is 8.31. The largest absolute Gasteiger partial charge is 0.493 e. The third-order valence-electron chi connectivity index (χ3n) is 3.03. The Morgan fingerprint density at radius 3 is 3.11 bits per heavy atom. The van der Waals surface area contributed by atoms with E-state index < -0.39 is 0 Å². The minimum atomic E-state index is 0.760. The van der Waals surface area contributed by atoms with Gasteiger partial charge in [-0.25, -0.2) is 9.97 Å². The van der Waals surface area contributed by atoms with Crippen molar-refractivity contribution in [3.8, 4) is 5.75 Å². The molecule has 4 nitrogen and oxygen atoms in total. The zero-order valence-corrected chi connectivity index (χ0v) is 10.1. The summed E-state index contributed by atoms with van der Waals surface area (Å²) < 4.78 is 5.49. The molecule has 4 heteroatoms. The lowest BCUT2D eigenvalue weighted by molar-refractivity contribution is 0.357. The molecule has 3 rings (SSSR count). The second-order valence-electron chi connectivity index (χ2n) is 4.34. The Bertz CT molecular complexity index is 528. The van der Waals surface area contributed by atoms with E-state index in [2.05, 4.69) is 33.5 Å². The molecule has 0 unspecified atom stereocenters. The third kappa shape index (κ3) is 2.49. The molecule has 0 bridgehead atoms. The maximum absolute atomic E-state index is 5.49. The minimum absolute atomic E-state index is 0.760. The van der Waals surface area contributed by atoms with Crippen LogP contribution in [0.4, 0.5) is 0 Å². The molecule has 1 aliphatic rings. The monoisotopic (exact) mass is 241 g/mol. The number of hydrogen-bond donors (Lipinski definition) is 1. The van der Waals surface area contributed by atoms with Crippen LogP contribution in [-0.2, 0) is 19.5 Å². The van der Waals surface area contributed by atoms with Crippen LogP contribution < -0.4 is 10.1 Å². The van der Waals surface area contributed by atoms with Crippen molar-refractivity contribution in [3.63, 3.8) is 0 Å². The molecule has 18 heavy (non-hydrogen) atoms. The number of ether oxygens (including phenoxy) is 1. The number of rotatable bonds is 4. The van der Waals surface area contributed by atoms with Gasteiger partial charge in [0.15, 0.2) is 0 Å². The highest BCUT2D eigenvalue weighted by Crippen LogP contribution is 2.25. The lowest BCUT2D eigenvalue weighted by Crippen LogP contribution is -2.13. The maximum atomic E-state index is 5.49. The number of nitrogens with one attached hydrogen (secondary N) is 1. The van der Waals surface area contributed by atoms with Crippen LogP contribution in [-0.4, -0.2) is 16.6 Å². The maximum Gasteiger partial charge on any atom is 0.122 e. The number of hydrogen-bond acceptors (Lipinski definition) is 4. The number of aromatic nitrogens is 2. The Kier molecular flexibility index (Phi) is 3.19. The fourth-order valence-electron chi connectivity index (χ4n) is 2.11. The Morgan fingerprint density at radius 2 is 2.22 bits per heavy atom. The van der Waals surface area contributed by atoms with Crippen LogP contribution in [0.3, 0.4) is 0 Å². The Hall–Kier alpha value is -1.94. The van der Waals surface area contributed by atoms with E-state index in [1.807, 2.05) is 6.07 Å². The summed E-state index contributed by atoms with van der Waals surface area (Å²) in [5, 5.41) is 3.38. The molecule has 2 heterocycles. The molecule has 0 saturated carbocycles. The first-order chi connectivity index (χ1) is 8.92. The van der Waals surface area contributed by atoms with Gasteiger partial charge in [-0.2, -0.15) is 0 Å². The molecular weight excluding hydrogens is 226 g/mol. The second kappa shape index (κ2) is 5.14. The number of benzene rings is 1. The summed E-state index contributed by atoms with van der Waals surface area (Å²) in [5.41, 5.74) is 3.61. The van der Waals surface area contributed by atoms with E-state index in [9.17, 15) is 0 Å². The normalized spacial score (nSPS) is 13.1. The molecule has 0 aliphatic carbocycles. The van der Waals surface area contributed by atoms with E-state index in [-0.39, 0.29) is 0 Å². The summed E-state index contributed by atoms with van der Waals surface area (Å²) in [5.74, 6) is 1.04. The fourth-order valence-corrected chi connectivity index (χ4v) is 2.11. The van der Waals surface area contributed by atoms with Gasteiger partial charge in [0.05, 0.1) is 12.3 Å². The fraction of sp³-hybridized carbons (Fsp3) is 0.286. The van der Waals surface area contributed by atoms with Crippen molar-refractivity contribution < 1.29 is 4.74 Å². The van der Waals surface area contributed by atoms with E-state index in [1.54, 1.807) is 12.5 Å². The van der Waals surface area contributed by atoms with Crippen LogP contribution in [0.1, 0.15) is 16.8 Å². The molecule has 1 N–H and O–H groups in total. The van der Waals surface area contributed by atoms with Crippen LogP contribution in [0.2, 0.25) is 0 Å². The van der Waals surface area contributed by atoms with Crippen LogP contribution in [0.5, 0.6) is 5.75 Å². The van der Waals surface area contributed by atoms with Gasteiger partial charge in [-0.15, -0.1) is 0 Å². The van der Waals surface area contributed by atoms with Gasteiger partial charge in [0.2, 0.25) is 0 Å². The lowest BCUT2D eigenvalue weighted by Gasteiger charge is -2.06. The van der Waals surface area contributed by atoms with Crippen LogP contribution in [0.15, 0.2) is 36.8 Å². The van der Waals surface area contributed by atoms with Gasteiger partial charge in [-0.05, 0) is 23.3 Å². The summed E-state index contributed by atoms with van der Waals surface area (Å²) in [6.45, 7) is 2.42. The highest BCUT2D eigenvalue weighted by Gasteiger charge is 2.11. The van der Waals surface area contributed by atoms with Gasteiger partial charge in [-0.3, -0.25) is 0 Å². The van der Waals surface area contributed by atoms with Gasteiger partial charge in [0.25, 0.3) is 0 Å². The predicted octanol–water partition coefficient (Wildman–Crippen LogP) is 1.70. The Balaban J connectivity index is 1.57. The third-order valence-corrected chi connectivity index (χ3v) is 3.03. The van der Waals surface area contributed by atoms with Crippen molar-refractivity contribution in [2.45, 2.75) is 19.5 Å². The van der Waals surface area contributed by atoms with E-state index in [1.165, 1.54) is 11.1 Å². The van der Waals surface area contributed by atoms with Crippen molar-refractivity contribution in [3.05, 3.63) is 53.6 Å². The van der Waals surface area contributed by atoms with Crippen molar-refractivity contribution in [2.24, 2.45) is 0 Å². The Labute approximate surface area is 106 Å². The molecule has 0 atom stereocenters. The summed E-state index contributed by atoms with van der Waals surface area (Å²) in [4.78, 5) is 8.07. The molecule has 1 aromatic heterocycles. The second-order valence-corrected chi connectivity index (χ2v) is 4.34. The van der Waals surface area contributed by atoms with E-state index in [0.717, 1.165) is 37.6 Å². The first kappa shape index (κ1) is 11.2. The van der Waals surface area contributed by atoms with Gasteiger partial charge < -0.3 is 10.1 Å². The van der Waals surface area contributed by atoms with E-state index in [4.69, 9.17) is 4.74 Å². The van der Waals surface area contributed by atoms with Crippen molar-refractivity contribution in [1.29, 1.82) is 0 Å². The first-order valence-corrected chi connectivity index (χ1v) is 6.12. The minimum Gasteiger partial charge on any atom is -0.493 e. The molecule has 0 radical (unpaired) electrons. The SMILES string of the molecule is c1cc(CNCc2ccc3c(c2)CCO3)ncn1. The smallest absolute Gasteiger partial charge is 0.122 e. The molecule has 0 fully saturated rings. The van der Waals surface area contributed by atoms with Gasteiger partial charge in [0.1, 0.15) is 12.1 Å². The zero-order chi connectivity index (χ0) is 12.2. The summed E-state index contributed by atoms with van der Waals surface area (Å²) in [6.07, 6.45) is 4.36. The summed E-state index contributed by atoms with van der Waals surface area (Å²) in [7, 11) is 0. The summed E-state index contributed by atoms with van der Waals surface area (Å²) >= 11 is 0. The average molecular weight is 241 g/mol. The molecule has 0 spiro atoms. The highest BCUT2D eigenvalue weighted by molar-refractivity contribution is 5.39. The van der Waals surface area contributed by atoms with Crippen molar-refractivity contribution in [1.82, 2.24) is 15.3 Å². The quantitative estimate of drug-likeness (QED) is 0.885. The standard InChI is InChI=1S/C14H15N3O/c1-2-14-12(4-6-18-14)7-11(1)8-16-9-13-3-5-15-10-17-13/h1-3,5,7,10,16H,4,6,8-9H2. The number of fused-ring (bicyclic) bond motifs is 1. The molecule has 0 amide bonds. The van der Waals surface area contributed by atoms with Crippen molar-refractivity contribution >= 4 is 0 Å². The van der Waals surface area contributed by atoms with Crippen LogP contribution in [0, 0.1) is 0 Å². The van der Waals surface area contributed by atoms with Crippen molar-refractivity contribution in [2.75, 3.05) is 6.61 Å². The van der Waals surface area contributed by atoms with Gasteiger partial charge in [0, 0.05) is 25.7 Å². The molecule has 1 aromatic carbocycles. The van der Waals surface area contributed by atoms with Crippen LogP contribution >= 0.6 is 0 Å². The lowest BCUT2D eigenvalue weighted by atomic mass is 10.1. The highest BCUT2D eigenvalue weighted by atomic mass is 16.5. The molecule has 2 aromatic rings. The number of nitrogens with zero attached hydrogens (tertiary/aromatic N) is 2. The molecule has 92 valence electrons. The van der Waals surface area contributed by atoms with Crippen LogP contribution in [0.25, 0.3) is 0 Å². The first-order valence-electron chi connectivity index (χ1n) is 6.12. The Morgan fingerprint density at radius 1 is 1.22 bits per heavy atom. The molecular formula is C14H15N3O. The topological polar surface area (TPSA) is 47.0 Å². The molecule has 1 aliphatic heterocycles. The molecule has 0 saturated heterocycles. The van der Waals surface area contributed by atoms with E-state index >= 15 is 0 Å². The predicted molar refractivity (Wildman–Crippen MR) is 68.2 cm³/mol. The van der Waals surface area contributed by atoms with Gasteiger partial charge >= 0.3 is 0 Å². The zero-order valence-electron chi connectivity index (χ0n) is 10.1. The van der Waals surface area contributed by atoms with Gasteiger partial charge in [-0.1, -0.05) is 12.1 Å².